The summed E-state index contributed by atoms with van der Waals surface area (Å²) < 4.78 is 10.7. The van der Waals surface area contributed by atoms with Gasteiger partial charge in [0.1, 0.15) is 11.5 Å². The van der Waals surface area contributed by atoms with Crippen LogP contribution in [0.1, 0.15) is 28.4 Å². The predicted molar refractivity (Wildman–Crippen MR) is 117 cm³/mol. The fourth-order valence-corrected chi connectivity index (χ4v) is 3.25. The van der Waals surface area contributed by atoms with Crippen LogP contribution >= 0.6 is 0 Å². The summed E-state index contributed by atoms with van der Waals surface area (Å²) >= 11 is 0. The summed E-state index contributed by atoms with van der Waals surface area (Å²) in [5.74, 6) is 1.16. The van der Waals surface area contributed by atoms with Gasteiger partial charge < -0.3 is 14.4 Å². The number of carbonyl (C=O) groups is 2. The Labute approximate surface area is 176 Å². The number of amides is 1. The molecule has 0 aliphatic heterocycles. The van der Waals surface area contributed by atoms with Crippen molar-refractivity contribution in [3.05, 3.63) is 89.5 Å². The number of Topliss-reactive ketones (excluding diaryl/α,β-unsaturated/α-hetero) is 1. The monoisotopic (exact) mass is 403 g/mol. The van der Waals surface area contributed by atoms with E-state index in [0.29, 0.717) is 23.4 Å². The van der Waals surface area contributed by atoms with Crippen LogP contribution < -0.4 is 14.4 Å². The first-order chi connectivity index (χ1) is 14.5. The van der Waals surface area contributed by atoms with E-state index >= 15 is 0 Å². The van der Waals surface area contributed by atoms with Gasteiger partial charge in [-0.15, -0.1) is 0 Å². The molecule has 30 heavy (non-hydrogen) atoms. The first-order valence-electron chi connectivity index (χ1n) is 9.68. The lowest BCUT2D eigenvalue weighted by molar-refractivity contribution is -0.118. The molecule has 5 nitrogen and oxygen atoms in total. The summed E-state index contributed by atoms with van der Waals surface area (Å²) in [6.45, 7) is 1.94. The van der Waals surface area contributed by atoms with Crippen molar-refractivity contribution in [3.8, 4) is 11.5 Å². The van der Waals surface area contributed by atoms with Gasteiger partial charge in [0.05, 0.1) is 27.2 Å². The van der Waals surface area contributed by atoms with Crippen LogP contribution in [0.4, 0.5) is 5.69 Å². The highest BCUT2D eigenvalue weighted by Crippen LogP contribution is 2.25. The summed E-state index contributed by atoms with van der Waals surface area (Å²) in [6.07, 6.45) is 0.114. The SMILES string of the molecule is COc1ccc(N(Cc2ccccc2)C(=O)Cc2cc(C(C)=O)ccc2OC)cc1. The van der Waals surface area contributed by atoms with Gasteiger partial charge in [-0.1, -0.05) is 30.3 Å². The average molecular weight is 403 g/mol. The van der Waals surface area contributed by atoms with Gasteiger partial charge in [-0.2, -0.15) is 0 Å². The molecule has 3 aromatic rings. The van der Waals surface area contributed by atoms with Gasteiger partial charge in [0.2, 0.25) is 5.91 Å². The standard InChI is InChI=1S/C25H25NO4/c1-18(27)20-9-14-24(30-3)21(15-20)16-25(28)26(17-19-7-5-4-6-8-19)22-10-12-23(29-2)13-11-22/h4-15H,16-17H2,1-3H3. The summed E-state index contributed by atoms with van der Waals surface area (Å²) in [7, 11) is 3.16. The predicted octanol–water partition coefficient (Wildman–Crippen LogP) is 4.68. The molecule has 0 radical (unpaired) electrons. The van der Waals surface area contributed by atoms with Gasteiger partial charge in [0.15, 0.2) is 5.78 Å². The molecule has 0 spiro atoms. The Hall–Kier alpha value is -3.60. The first kappa shape index (κ1) is 21.1. The van der Waals surface area contributed by atoms with E-state index in [2.05, 4.69) is 0 Å². The lowest BCUT2D eigenvalue weighted by atomic mass is 10.0. The van der Waals surface area contributed by atoms with Crippen LogP contribution in [0, 0.1) is 0 Å². The Balaban J connectivity index is 1.93. The Morgan fingerprint density at radius 3 is 2.17 bits per heavy atom. The van der Waals surface area contributed by atoms with Crippen molar-refractivity contribution in [2.75, 3.05) is 19.1 Å². The fraction of sp³-hybridized carbons (Fsp3) is 0.200. The fourth-order valence-electron chi connectivity index (χ4n) is 3.25. The van der Waals surface area contributed by atoms with Gasteiger partial charge in [0.25, 0.3) is 0 Å². The van der Waals surface area contributed by atoms with Gasteiger partial charge in [-0.25, -0.2) is 0 Å². The molecular weight excluding hydrogens is 378 g/mol. The van der Waals surface area contributed by atoms with E-state index in [1.807, 2.05) is 54.6 Å². The topological polar surface area (TPSA) is 55.8 Å². The number of anilines is 1. The first-order valence-corrected chi connectivity index (χ1v) is 9.68. The second kappa shape index (κ2) is 9.74. The lowest BCUT2D eigenvalue weighted by Gasteiger charge is -2.24. The Bertz CT molecular complexity index is 1010. The molecule has 0 fully saturated rings. The molecule has 3 aromatic carbocycles. The van der Waals surface area contributed by atoms with Crippen LogP contribution in [0.25, 0.3) is 0 Å². The van der Waals surface area contributed by atoms with Gasteiger partial charge in [0, 0.05) is 16.8 Å². The average Bonchev–Trinajstić information content (AvgIpc) is 2.78. The van der Waals surface area contributed by atoms with E-state index in [0.717, 1.165) is 17.0 Å². The molecule has 1 amide bonds. The minimum atomic E-state index is -0.0944. The number of rotatable bonds is 8. The zero-order chi connectivity index (χ0) is 21.5. The molecule has 0 aliphatic rings. The van der Waals surface area contributed by atoms with E-state index in [1.54, 1.807) is 37.3 Å². The van der Waals surface area contributed by atoms with Crippen molar-refractivity contribution < 1.29 is 19.1 Å². The van der Waals surface area contributed by atoms with Crippen LogP contribution in [-0.4, -0.2) is 25.9 Å². The smallest absolute Gasteiger partial charge is 0.231 e. The largest absolute Gasteiger partial charge is 0.497 e. The van der Waals surface area contributed by atoms with Crippen molar-refractivity contribution in [2.45, 2.75) is 19.9 Å². The van der Waals surface area contributed by atoms with Crippen molar-refractivity contribution in [2.24, 2.45) is 0 Å². The number of hydrogen-bond donors (Lipinski definition) is 0. The van der Waals surface area contributed by atoms with E-state index in [9.17, 15) is 9.59 Å². The molecule has 154 valence electrons. The van der Waals surface area contributed by atoms with Gasteiger partial charge in [-0.05, 0) is 55.0 Å². The van der Waals surface area contributed by atoms with Crippen LogP contribution in [0.3, 0.4) is 0 Å². The van der Waals surface area contributed by atoms with E-state index in [1.165, 1.54) is 6.92 Å². The normalized spacial score (nSPS) is 10.4. The number of carbonyl (C=O) groups excluding carboxylic acids is 2. The summed E-state index contributed by atoms with van der Waals surface area (Å²) in [5, 5.41) is 0. The molecule has 0 heterocycles. The third-order valence-electron chi connectivity index (χ3n) is 4.90. The molecule has 0 unspecified atom stereocenters. The maximum atomic E-state index is 13.4. The molecule has 0 saturated carbocycles. The number of benzene rings is 3. The Morgan fingerprint density at radius 2 is 1.57 bits per heavy atom. The number of ketones is 1. The molecule has 5 heteroatoms. The molecule has 0 N–H and O–H groups in total. The van der Waals surface area contributed by atoms with Crippen molar-refractivity contribution in [1.29, 1.82) is 0 Å². The maximum absolute atomic E-state index is 13.4. The summed E-state index contributed by atoms with van der Waals surface area (Å²) in [5.41, 5.74) is 3.02. The Kier molecular flexibility index (Phi) is 6.86. The second-order valence-corrected chi connectivity index (χ2v) is 6.92. The third kappa shape index (κ3) is 5.06. The number of methoxy groups -OCH3 is 2. The van der Waals surface area contributed by atoms with Crippen LogP contribution in [-0.2, 0) is 17.8 Å². The van der Waals surface area contributed by atoms with E-state index < -0.39 is 0 Å². The highest BCUT2D eigenvalue weighted by atomic mass is 16.5. The van der Waals surface area contributed by atoms with Crippen molar-refractivity contribution in [1.82, 2.24) is 0 Å². The van der Waals surface area contributed by atoms with E-state index in [4.69, 9.17) is 9.47 Å². The molecule has 3 rings (SSSR count). The maximum Gasteiger partial charge on any atom is 0.231 e. The Morgan fingerprint density at radius 1 is 0.867 bits per heavy atom. The highest BCUT2D eigenvalue weighted by molar-refractivity contribution is 5.97. The van der Waals surface area contributed by atoms with E-state index in [-0.39, 0.29) is 18.1 Å². The molecular formula is C25H25NO4. The van der Waals surface area contributed by atoms with Crippen molar-refractivity contribution in [3.63, 3.8) is 0 Å². The van der Waals surface area contributed by atoms with Crippen LogP contribution in [0.15, 0.2) is 72.8 Å². The minimum absolute atomic E-state index is 0.0531. The van der Waals surface area contributed by atoms with Gasteiger partial charge >= 0.3 is 0 Å². The zero-order valence-electron chi connectivity index (χ0n) is 17.4. The number of hydrogen-bond acceptors (Lipinski definition) is 4. The third-order valence-corrected chi connectivity index (χ3v) is 4.90. The minimum Gasteiger partial charge on any atom is -0.497 e. The number of nitrogens with zero attached hydrogens (tertiary/aromatic N) is 1. The zero-order valence-corrected chi connectivity index (χ0v) is 17.4. The summed E-state index contributed by atoms with van der Waals surface area (Å²) in [6, 6.07) is 22.4. The van der Waals surface area contributed by atoms with Crippen LogP contribution in [0.5, 0.6) is 11.5 Å². The van der Waals surface area contributed by atoms with Crippen molar-refractivity contribution >= 4 is 17.4 Å². The van der Waals surface area contributed by atoms with Crippen LogP contribution in [0.2, 0.25) is 0 Å². The number of ether oxygens (including phenoxy) is 2. The lowest BCUT2D eigenvalue weighted by Crippen LogP contribution is -2.32. The van der Waals surface area contributed by atoms with Gasteiger partial charge in [-0.3, -0.25) is 9.59 Å². The molecule has 0 aromatic heterocycles. The quantitative estimate of drug-likeness (QED) is 0.513. The molecule has 0 bridgehead atoms. The summed E-state index contributed by atoms with van der Waals surface area (Å²) in [4.78, 5) is 26.9. The molecule has 0 atom stereocenters. The highest BCUT2D eigenvalue weighted by Gasteiger charge is 2.19. The molecule has 0 aliphatic carbocycles. The second-order valence-electron chi connectivity index (χ2n) is 6.92. The molecule has 0 saturated heterocycles.